The highest BCUT2D eigenvalue weighted by atomic mass is 79.9. The summed E-state index contributed by atoms with van der Waals surface area (Å²) in [6.07, 6.45) is 0. The van der Waals surface area contributed by atoms with Crippen molar-refractivity contribution in [2.45, 2.75) is 0 Å². The van der Waals surface area contributed by atoms with Crippen LogP contribution in [-0.2, 0) is 0 Å². The second-order valence-electron chi connectivity index (χ2n) is 4.79. The maximum Gasteiger partial charge on any atom is 0.291 e. The first-order valence-electron chi connectivity index (χ1n) is 6.84. The van der Waals surface area contributed by atoms with Crippen LogP contribution in [0.5, 0.6) is 11.5 Å². The van der Waals surface area contributed by atoms with Crippen LogP contribution in [0, 0.1) is 0 Å². The van der Waals surface area contributed by atoms with Crippen LogP contribution < -0.4 is 14.8 Å². The van der Waals surface area contributed by atoms with Gasteiger partial charge in [0.05, 0.1) is 24.4 Å². The molecule has 23 heavy (non-hydrogen) atoms. The number of hydrogen-bond donors (Lipinski definition) is 1. The van der Waals surface area contributed by atoms with Crippen LogP contribution in [0.3, 0.4) is 0 Å². The van der Waals surface area contributed by atoms with E-state index in [-0.39, 0.29) is 11.7 Å². The van der Waals surface area contributed by atoms with Gasteiger partial charge in [-0.25, -0.2) is 0 Å². The molecule has 0 saturated heterocycles. The molecule has 1 aromatic heterocycles. The van der Waals surface area contributed by atoms with Crippen molar-refractivity contribution in [1.29, 1.82) is 0 Å². The van der Waals surface area contributed by atoms with E-state index in [1.807, 2.05) is 18.2 Å². The minimum Gasteiger partial charge on any atom is -0.497 e. The number of halogens is 1. The Kier molecular flexibility index (Phi) is 4.25. The number of anilines is 1. The van der Waals surface area contributed by atoms with Gasteiger partial charge < -0.3 is 19.2 Å². The number of methoxy groups -OCH3 is 2. The van der Waals surface area contributed by atoms with Crippen LogP contribution in [0.25, 0.3) is 11.0 Å². The van der Waals surface area contributed by atoms with Crippen molar-refractivity contribution >= 4 is 38.5 Å². The standard InChI is InChI=1S/C17H14BrNO4/c1-21-11-6-7-13(14(9-11)22-2)19-17(20)15-8-10-4-3-5-12(18)16(10)23-15/h3-9H,1-2H3,(H,19,20). The van der Waals surface area contributed by atoms with Gasteiger partial charge in [0.1, 0.15) is 17.1 Å². The molecule has 1 amide bonds. The molecule has 0 aliphatic carbocycles. The van der Waals surface area contributed by atoms with Gasteiger partial charge in [-0.3, -0.25) is 4.79 Å². The normalized spacial score (nSPS) is 10.6. The Labute approximate surface area is 141 Å². The third-order valence-corrected chi connectivity index (χ3v) is 4.00. The molecule has 1 heterocycles. The van der Waals surface area contributed by atoms with E-state index in [2.05, 4.69) is 21.2 Å². The number of nitrogens with one attached hydrogen (secondary N) is 1. The molecule has 2 aromatic carbocycles. The minimum absolute atomic E-state index is 0.227. The first kappa shape index (κ1) is 15.4. The molecule has 0 unspecified atom stereocenters. The smallest absolute Gasteiger partial charge is 0.291 e. The summed E-state index contributed by atoms with van der Waals surface area (Å²) in [5, 5.41) is 3.63. The van der Waals surface area contributed by atoms with Gasteiger partial charge in [-0.15, -0.1) is 0 Å². The zero-order chi connectivity index (χ0) is 16.4. The maximum absolute atomic E-state index is 12.4. The molecule has 0 saturated carbocycles. The van der Waals surface area contributed by atoms with Gasteiger partial charge in [-0.1, -0.05) is 12.1 Å². The van der Waals surface area contributed by atoms with Crippen molar-refractivity contribution in [2.75, 3.05) is 19.5 Å². The predicted molar refractivity (Wildman–Crippen MR) is 91.4 cm³/mol. The Morgan fingerprint density at radius 2 is 1.96 bits per heavy atom. The molecule has 0 aliphatic rings. The maximum atomic E-state index is 12.4. The summed E-state index contributed by atoms with van der Waals surface area (Å²) in [4.78, 5) is 12.4. The van der Waals surface area contributed by atoms with Crippen molar-refractivity contribution in [3.05, 3.63) is 52.7 Å². The molecule has 0 fully saturated rings. The highest BCUT2D eigenvalue weighted by molar-refractivity contribution is 9.10. The number of fused-ring (bicyclic) bond motifs is 1. The second-order valence-corrected chi connectivity index (χ2v) is 5.64. The zero-order valence-corrected chi connectivity index (χ0v) is 14.1. The number of amides is 1. The average Bonchev–Trinajstić information content (AvgIpc) is 3.01. The molecular weight excluding hydrogens is 362 g/mol. The van der Waals surface area contributed by atoms with E-state index >= 15 is 0 Å². The fraction of sp³-hybridized carbons (Fsp3) is 0.118. The van der Waals surface area contributed by atoms with E-state index in [1.54, 1.807) is 31.4 Å². The molecule has 118 valence electrons. The van der Waals surface area contributed by atoms with Crippen molar-refractivity contribution in [3.63, 3.8) is 0 Å². The van der Waals surface area contributed by atoms with E-state index in [1.165, 1.54) is 7.11 Å². The largest absolute Gasteiger partial charge is 0.497 e. The van der Waals surface area contributed by atoms with Gasteiger partial charge in [0.25, 0.3) is 5.91 Å². The summed E-state index contributed by atoms with van der Waals surface area (Å²) >= 11 is 3.41. The lowest BCUT2D eigenvalue weighted by atomic mass is 10.2. The number of benzene rings is 2. The van der Waals surface area contributed by atoms with Crippen molar-refractivity contribution in [1.82, 2.24) is 0 Å². The Hall–Kier alpha value is -2.47. The summed E-state index contributed by atoms with van der Waals surface area (Å²) in [6, 6.07) is 12.5. The molecule has 1 N–H and O–H groups in total. The molecule has 6 heteroatoms. The van der Waals surface area contributed by atoms with Crippen LogP contribution in [0.15, 0.2) is 51.4 Å². The molecule has 3 rings (SSSR count). The van der Waals surface area contributed by atoms with Crippen LogP contribution in [-0.4, -0.2) is 20.1 Å². The van der Waals surface area contributed by atoms with Crippen molar-refractivity contribution in [2.24, 2.45) is 0 Å². The molecule has 0 atom stereocenters. The van der Waals surface area contributed by atoms with Gasteiger partial charge in [0.2, 0.25) is 0 Å². The summed E-state index contributed by atoms with van der Waals surface area (Å²) in [5.41, 5.74) is 1.18. The topological polar surface area (TPSA) is 60.7 Å². The quantitative estimate of drug-likeness (QED) is 0.730. The second kappa shape index (κ2) is 6.34. The van der Waals surface area contributed by atoms with E-state index in [0.717, 1.165) is 9.86 Å². The van der Waals surface area contributed by atoms with Gasteiger partial charge >= 0.3 is 0 Å². The first-order chi connectivity index (χ1) is 11.1. The van der Waals surface area contributed by atoms with Crippen molar-refractivity contribution in [3.8, 4) is 11.5 Å². The van der Waals surface area contributed by atoms with Crippen LogP contribution >= 0.6 is 15.9 Å². The third-order valence-electron chi connectivity index (χ3n) is 3.38. The number of furan rings is 1. The molecule has 3 aromatic rings. The van der Waals surface area contributed by atoms with Crippen LogP contribution in [0.1, 0.15) is 10.6 Å². The first-order valence-corrected chi connectivity index (χ1v) is 7.63. The molecule has 5 nitrogen and oxygen atoms in total. The highest BCUT2D eigenvalue weighted by Crippen LogP contribution is 2.31. The van der Waals surface area contributed by atoms with E-state index in [0.29, 0.717) is 22.8 Å². The summed E-state index contributed by atoms with van der Waals surface area (Å²) < 4.78 is 16.8. The number of para-hydroxylation sites is 1. The summed E-state index contributed by atoms with van der Waals surface area (Å²) in [6.45, 7) is 0. The zero-order valence-electron chi connectivity index (χ0n) is 12.6. The third kappa shape index (κ3) is 3.03. The Bertz CT molecular complexity index is 872. The van der Waals surface area contributed by atoms with E-state index < -0.39 is 0 Å². The van der Waals surface area contributed by atoms with Gasteiger partial charge in [0, 0.05) is 11.5 Å². The van der Waals surface area contributed by atoms with Gasteiger partial charge in [-0.05, 0) is 40.2 Å². The van der Waals surface area contributed by atoms with Gasteiger partial charge in [0.15, 0.2) is 5.76 Å². The van der Waals surface area contributed by atoms with Gasteiger partial charge in [-0.2, -0.15) is 0 Å². The van der Waals surface area contributed by atoms with Crippen LogP contribution in [0.2, 0.25) is 0 Å². The van der Waals surface area contributed by atoms with Crippen LogP contribution in [0.4, 0.5) is 5.69 Å². The lowest BCUT2D eigenvalue weighted by Crippen LogP contribution is -2.11. The Morgan fingerprint density at radius 3 is 2.65 bits per heavy atom. The lowest BCUT2D eigenvalue weighted by Gasteiger charge is -2.10. The average molecular weight is 376 g/mol. The van der Waals surface area contributed by atoms with E-state index in [4.69, 9.17) is 13.9 Å². The number of hydrogen-bond acceptors (Lipinski definition) is 4. The summed E-state index contributed by atoms with van der Waals surface area (Å²) in [7, 11) is 3.10. The number of rotatable bonds is 4. The number of carbonyl (C=O) groups is 1. The fourth-order valence-electron chi connectivity index (χ4n) is 2.23. The Balaban J connectivity index is 1.90. The molecule has 0 spiro atoms. The summed E-state index contributed by atoms with van der Waals surface area (Å²) in [5.74, 6) is 1.03. The SMILES string of the molecule is COc1ccc(NC(=O)c2cc3cccc(Br)c3o2)c(OC)c1. The highest BCUT2D eigenvalue weighted by Gasteiger charge is 2.16. The lowest BCUT2D eigenvalue weighted by molar-refractivity contribution is 0.0998. The monoisotopic (exact) mass is 375 g/mol. The minimum atomic E-state index is -0.350. The fourth-order valence-corrected chi connectivity index (χ4v) is 2.69. The Morgan fingerprint density at radius 1 is 1.13 bits per heavy atom. The number of ether oxygens (including phenoxy) is 2. The molecule has 0 aliphatic heterocycles. The predicted octanol–water partition coefficient (Wildman–Crippen LogP) is 4.46. The van der Waals surface area contributed by atoms with Crippen molar-refractivity contribution < 1.29 is 18.7 Å². The molecule has 0 radical (unpaired) electrons. The molecular formula is C17H14BrNO4. The van der Waals surface area contributed by atoms with E-state index in [9.17, 15) is 4.79 Å². The number of carbonyl (C=O) groups excluding carboxylic acids is 1. The molecule has 0 bridgehead atoms.